The Labute approximate surface area is 124 Å². The molecule has 0 aliphatic heterocycles. The second-order valence-electron chi connectivity index (χ2n) is 4.01. The Balaban J connectivity index is 2.66. The number of hydrogen-bond acceptors (Lipinski definition) is 4. The molecule has 0 saturated carbocycles. The van der Waals surface area contributed by atoms with E-state index in [9.17, 15) is 18.0 Å². The van der Waals surface area contributed by atoms with Gasteiger partial charge in [-0.3, -0.25) is 0 Å². The molecular formula is C11H13BrN2O5S. The highest BCUT2D eigenvalue weighted by Gasteiger charge is 2.10. The van der Waals surface area contributed by atoms with Crippen LogP contribution in [0.15, 0.2) is 22.7 Å². The lowest BCUT2D eigenvalue weighted by Crippen LogP contribution is -2.32. The van der Waals surface area contributed by atoms with Crippen molar-refractivity contribution in [3.8, 4) is 0 Å². The molecular weight excluding hydrogens is 352 g/mol. The van der Waals surface area contributed by atoms with Gasteiger partial charge in [0.15, 0.2) is 0 Å². The summed E-state index contributed by atoms with van der Waals surface area (Å²) in [6, 6.07) is 3.56. The van der Waals surface area contributed by atoms with E-state index in [4.69, 9.17) is 5.11 Å². The number of carboxylic acid groups (broad SMARTS) is 1. The number of nitrogens with one attached hydrogen (secondary N) is 2. The maximum atomic E-state index is 11.5. The van der Waals surface area contributed by atoms with Crippen molar-refractivity contribution >= 4 is 43.5 Å². The second-order valence-corrected chi connectivity index (χ2v) is 7.12. The standard InChI is InChI=1S/C11H13BrN2O5S/c1-20(18,19)5-4-13-11(17)14-9-6-7(10(15)16)2-3-8(9)12/h2-3,6H,4-5H2,1H3,(H,15,16)(H2,13,14,17). The molecule has 0 radical (unpaired) electrons. The predicted molar refractivity (Wildman–Crippen MR) is 77.8 cm³/mol. The lowest BCUT2D eigenvalue weighted by molar-refractivity contribution is 0.0697. The summed E-state index contributed by atoms with van der Waals surface area (Å²) in [6.45, 7) is -0.0269. The van der Waals surface area contributed by atoms with Gasteiger partial charge in [0.25, 0.3) is 0 Å². The molecule has 0 aliphatic carbocycles. The summed E-state index contributed by atoms with van der Waals surface area (Å²) < 4.78 is 22.3. The van der Waals surface area contributed by atoms with Gasteiger partial charge in [-0.05, 0) is 34.1 Å². The van der Waals surface area contributed by atoms with Gasteiger partial charge in [-0.1, -0.05) is 0 Å². The highest BCUT2D eigenvalue weighted by molar-refractivity contribution is 9.10. The average molecular weight is 365 g/mol. The van der Waals surface area contributed by atoms with Crippen molar-refractivity contribution < 1.29 is 23.1 Å². The van der Waals surface area contributed by atoms with Crippen LogP contribution in [0.4, 0.5) is 10.5 Å². The van der Waals surface area contributed by atoms with E-state index in [-0.39, 0.29) is 23.5 Å². The van der Waals surface area contributed by atoms with Gasteiger partial charge in [-0.15, -0.1) is 0 Å². The normalized spacial score (nSPS) is 10.9. The number of amides is 2. The number of benzene rings is 1. The SMILES string of the molecule is CS(=O)(=O)CCNC(=O)Nc1cc(C(=O)O)ccc1Br. The molecule has 1 aromatic rings. The highest BCUT2D eigenvalue weighted by atomic mass is 79.9. The van der Waals surface area contributed by atoms with Gasteiger partial charge in [-0.25, -0.2) is 18.0 Å². The van der Waals surface area contributed by atoms with Gasteiger partial charge in [0.05, 0.1) is 17.0 Å². The largest absolute Gasteiger partial charge is 0.478 e. The van der Waals surface area contributed by atoms with Crippen LogP contribution in [-0.4, -0.2) is 44.1 Å². The molecule has 1 aromatic carbocycles. The molecule has 0 atom stereocenters. The number of hydrogen-bond donors (Lipinski definition) is 3. The molecule has 0 aliphatic rings. The monoisotopic (exact) mass is 364 g/mol. The van der Waals surface area contributed by atoms with Gasteiger partial charge in [-0.2, -0.15) is 0 Å². The molecule has 20 heavy (non-hydrogen) atoms. The Hall–Kier alpha value is -1.61. The number of carbonyl (C=O) groups excluding carboxylic acids is 1. The number of halogens is 1. The van der Waals surface area contributed by atoms with Crippen LogP contribution in [0.25, 0.3) is 0 Å². The van der Waals surface area contributed by atoms with Crippen molar-refractivity contribution in [2.45, 2.75) is 0 Å². The number of anilines is 1. The fraction of sp³-hybridized carbons (Fsp3) is 0.273. The van der Waals surface area contributed by atoms with Crippen molar-refractivity contribution in [3.05, 3.63) is 28.2 Å². The summed E-state index contributed by atoms with van der Waals surface area (Å²) in [5.74, 6) is -1.28. The first kappa shape index (κ1) is 16.4. The van der Waals surface area contributed by atoms with Crippen LogP contribution in [0.1, 0.15) is 10.4 Å². The summed E-state index contributed by atoms with van der Waals surface area (Å²) in [7, 11) is -3.15. The van der Waals surface area contributed by atoms with Crippen molar-refractivity contribution in [1.82, 2.24) is 5.32 Å². The molecule has 0 unspecified atom stereocenters. The van der Waals surface area contributed by atoms with Crippen LogP contribution < -0.4 is 10.6 Å². The van der Waals surface area contributed by atoms with Crippen molar-refractivity contribution in [2.75, 3.05) is 23.9 Å². The third kappa shape index (κ3) is 5.57. The van der Waals surface area contributed by atoms with E-state index in [0.29, 0.717) is 4.47 Å². The first-order chi connectivity index (χ1) is 9.19. The first-order valence-electron chi connectivity index (χ1n) is 5.44. The Morgan fingerprint density at radius 1 is 1.35 bits per heavy atom. The number of aromatic carboxylic acids is 1. The minimum Gasteiger partial charge on any atom is -0.478 e. The molecule has 0 aromatic heterocycles. The van der Waals surface area contributed by atoms with Gasteiger partial charge >= 0.3 is 12.0 Å². The van der Waals surface area contributed by atoms with Gasteiger partial charge in [0, 0.05) is 17.3 Å². The lowest BCUT2D eigenvalue weighted by Gasteiger charge is -2.09. The maximum Gasteiger partial charge on any atom is 0.335 e. The predicted octanol–water partition coefficient (Wildman–Crippen LogP) is 1.31. The Morgan fingerprint density at radius 3 is 2.55 bits per heavy atom. The Bertz CT molecular complexity index is 630. The lowest BCUT2D eigenvalue weighted by atomic mass is 10.2. The van der Waals surface area contributed by atoms with E-state index in [2.05, 4.69) is 26.6 Å². The first-order valence-corrected chi connectivity index (χ1v) is 8.30. The molecule has 0 saturated heterocycles. The van der Waals surface area contributed by atoms with Crippen molar-refractivity contribution in [3.63, 3.8) is 0 Å². The zero-order valence-corrected chi connectivity index (χ0v) is 12.9. The quantitative estimate of drug-likeness (QED) is 0.728. The van der Waals surface area contributed by atoms with E-state index in [1.807, 2.05) is 0 Å². The van der Waals surface area contributed by atoms with Gasteiger partial charge in [0.1, 0.15) is 9.84 Å². The maximum absolute atomic E-state index is 11.5. The van der Waals surface area contributed by atoms with E-state index in [1.54, 1.807) is 0 Å². The van der Waals surface area contributed by atoms with Crippen molar-refractivity contribution in [2.24, 2.45) is 0 Å². The molecule has 0 bridgehead atoms. The third-order valence-electron chi connectivity index (χ3n) is 2.22. The van der Waals surface area contributed by atoms with E-state index >= 15 is 0 Å². The summed E-state index contributed by atoms with van der Waals surface area (Å²) in [5, 5.41) is 13.7. The Morgan fingerprint density at radius 2 is 2.00 bits per heavy atom. The highest BCUT2D eigenvalue weighted by Crippen LogP contribution is 2.23. The van der Waals surface area contributed by atoms with Crippen molar-refractivity contribution in [1.29, 1.82) is 0 Å². The summed E-state index contributed by atoms with van der Waals surface area (Å²) in [4.78, 5) is 22.4. The third-order valence-corrected chi connectivity index (χ3v) is 3.86. The van der Waals surface area contributed by atoms with Crippen LogP contribution in [0.5, 0.6) is 0 Å². The fourth-order valence-corrected chi connectivity index (χ4v) is 2.09. The van der Waals surface area contributed by atoms with Gasteiger partial charge in [0.2, 0.25) is 0 Å². The zero-order valence-electron chi connectivity index (χ0n) is 10.5. The molecule has 7 nitrogen and oxygen atoms in total. The summed E-state index contributed by atoms with van der Waals surface area (Å²) in [6.07, 6.45) is 1.07. The van der Waals surface area contributed by atoms with E-state index < -0.39 is 21.8 Å². The fourth-order valence-electron chi connectivity index (χ4n) is 1.27. The van der Waals surface area contributed by atoms with Crippen LogP contribution in [0, 0.1) is 0 Å². The van der Waals surface area contributed by atoms with Crippen LogP contribution in [-0.2, 0) is 9.84 Å². The van der Waals surface area contributed by atoms with Gasteiger partial charge < -0.3 is 15.7 Å². The molecule has 0 spiro atoms. The Kier molecular flexibility index (Phi) is 5.52. The number of sulfone groups is 1. The molecule has 2 amide bonds. The minimum atomic E-state index is -3.15. The smallest absolute Gasteiger partial charge is 0.335 e. The van der Waals surface area contributed by atoms with Crippen LogP contribution in [0.3, 0.4) is 0 Å². The van der Waals surface area contributed by atoms with Crippen LogP contribution in [0.2, 0.25) is 0 Å². The van der Waals surface area contributed by atoms with E-state index in [0.717, 1.165) is 6.26 Å². The topological polar surface area (TPSA) is 113 Å². The molecule has 9 heteroatoms. The average Bonchev–Trinajstić information content (AvgIpc) is 2.30. The molecule has 0 fully saturated rings. The summed E-state index contributed by atoms with van der Waals surface area (Å²) in [5.41, 5.74) is 0.307. The molecule has 110 valence electrons. The van der Waals surface area contributed by atoms with E-state index in [1.165, 1.54) is 18.2 Å². The number of carbonyl (C=O) groups is 2. The molecule has 0 heterocycles. The number of carboxylic acids is 1. The number of rotatable bonds is 5. The molecule has 3 N–H and O–H groups in total. The minimum absolute atomic E-state index is 0.0269. The number of urea groups is 1. The summed E-state index contributed by atoms with van der Waals surface area (Å²) >= 11 is 3.18. The second kappa shape index (κ2) is 6.71. The van der Waals surface area contributed by atoms with Crippen LogP contribution >= 0.6 is 15.9 Å². The zero-order chi connectivity index (χ0) is 15.3. The molecule has 1 rings (SSSR count).